The van der Waals surface area contributed by atoms with Crippen LogP contribution in [0.5, 0.6) is 11.5 Å². The van der Waals surface area contributed by atoms with Gasteiger partial charge in [0.2, 0.25) is 0 Å². The highest BCUT2D eigenvalue weighted by Crippen LogP contribution is 2.29. The van der Waals surface area contributed by atoms with Gasteiger partial charge >= 0.3 is 5.97 Å². The molecule has 1 aromatic carbocycles. The third kappa shape index (κ3) is 7.07. The van der Waals surface area contributed by atoms with E-state index < -0.39 is 0 Å². The highest BCUT2D eigenvalue weighted by atomic mass is 32.2. The molecule has 0 aliphatic carbocycles. The fourth-order valence-corrected chi connectivity index (χ4v) is 2.71. The Kier molecular flexibility index (Phi) is 9.55. The van der Waals surface area contributed by atoms with Crippen LogP contribution in [0.4, 0.5) is 0 Å². The number of carbonyl (C=O) groups excluding carboxylic acids is 1. The lowest BCUT2D eigenvalue weighted by Crippen LogP contribution is -2.05. The molecule has 1 aromatic rings. The van der Waals surface area contributed by atoms with E-state index in [1.165, 1.54) is 32.8 Å². The molecular formula is C17H26O4S. The van der Waals surface area contributed by atoms with E-state index >= 15 is 0 Å². The number of thioether (sulfide) groups is 1. The van der Waals surface area contributed by atoms with Crippen molar-refractivity contribution < 1.29 is 19.0 Å². The quantitative estimate of drug-likeness (QED) is 0.348. The lowest BCUT2D eigenvalue weighted by atomic mass is 10.1. The summed E-state index contributed by atoms with van der Waals surface area (Å²) in [5, 5.41) is 0. The largest absolute Gasteiger partial charge is 0.493 e. The second-order valence-electron chi connectivity index (χ2n) is 4.97. The van der Waals surface area contributed by atoms with Crippen molar-refractivity contribution in [2.24, 2.45) is 0 Å². The first-order valence-corrected chi connectivity index (χ1v) is 8.81. The molecular weight excluding hydrogens is 300 g/mol. The number of rotatable bonds is 11. The molecule has 0 bridgehead atoms. The third-order valence-electron chi connectivity index (χ3n) is 3.24. The number of unbranched alkanes of at least 4 members (excludes halogenated alkanes) is 3. The second kappa shape index (κ2) is 11.2. The molecule has 0 radical (unpaired) electrons. The summed E-state index contributed by atoms with van der Waals surface area (Å²) in [6.45, 7) is 2.21. The highest BCUT2D eigenvalue weighted by molar-refractivity contribution is 7.99. The molecule has 0 atom stereocenters. The standard InChI is InChI=1S/C17H26O4S/c1-4-5-6-7-10-22-13-21-15-9-8-14(11-16(15)19-2)12-17(18)20-3/h8-9,11H,4-7,10,12-13H2,1-3H3. The summed E-state index contributed by atoms with van der Waals surface area (Å²) in [5.41, 5.74) is 0.850. The summed E-state index contributed by atoms with van der Waals surface area (Å²) in [6.07, 6.45) is 5.32. The fraction of sp³-hybridized carbons (Fsp3) is 0.588. The summed E-state index contributed by atoms with van der Waals surface area (Å²) in [5.74, 6) is 2.81. The maximum absolute atomic E-state index is 11.3. The topological polar surface area (TPSA) is 44.8 Å². The number of esters is 1. The lowest BCUT2D eigenvalue weighted by molar-refractivity contribution is -0.139. The molecule has 0 amide bonds. The van der Waals surface area contributed by atoms with Crippen LogP contribution in [0.2, 0.25) is 0 Å². The van der Waals surface area contributed by atoms with E-state index in [-0.39, 0.29) is 12.4 Å². The van der Waals surface area contributed by atoms with Crippen molar-refractivity contribution in [1.82, 2.24) is 0 Å². The Bertz CT molecular complexity index is 448. The molecule has 5 heteroatoms. The molecule has 0 heterocycles. The van der Waals surface area contributed by atoms with Gasteiger partial charge in [0.1, 0.15) is 5.94 Å². The summed E-state index contributed by atoms with van der Waals surface area (Å²) in [4.78, 5) is 11.3. The number of benzene rings is 1. The van der Waals surface area contributed by atoms with E-state index in [0.717, 1.165) is 11.3 Å². The number of ether oxygens (including phenoxy) is 3. The van der Waals surface area contributed by atoms with Crippen molar-refractivity contribution >= 4 is 17.7 Å². The van der Waals surface area contributed by atoms with Crippen LogP contribution in [-0.2, 0) is 16.0 Å². The zero-order valence-corrected chi connectivity index (χ0v) is 14.5. The minimum Gasteiger partial charge on any atom is -0.493 e. The summed E-state index contributed by atoms with van der Waals surface area (Å²) < 4.78 is 15.7. The molecule has 0 aliphatic heterocycles. The van der Waals surface area contributed by atoms with Crippen molar-refractivity contribution in [1.29, 1.82) is 0 Å². The Morgan fingerprint density at radius 1 is 1.14 bits per heavy atom. The van der Waals surface area contributed by atoms with Gasteiger partial charge in [0.15, 0.2) is 11.5 Å². The molecule has 0 aromatic heterocycles. The van der Waals surface area contributed by atoms with Crippen molar-refractivity contribution in [2.45, 2.75) is 39.0 Å². The predicted molar refractivity (Wildman–Crippen MR) is 90.8 cm³/mol. The molecule has 0 unspecified atom stereocenters. The van der Waals surface area contributed by atoms with Crippen LogP contribution in [0.1, 0.15) is 38.2 Å². The molecule has 0 saturated carbocycles. The summed E-state index contributed by atoms with van der Waals surface area (Å²) >= 11 is 1.78. The maximum atomic E-state index is 11.3. The third-order valence-corrected chi connectivity index (χ3v) is 4.11. The number of hydrogen-bond donors (Lipinski definition) is 0. The van der Waals surface area contributed by atoms with Crippen LogP contribution >= 0.6 is 11.8 Å². The first-order valence-electron chi connectivity index (χ1n) is 7.65. The maximum Gasteiger partial charge on any atom is 0.309 e. The van der Waals surface area contributed by atoms with Crippen LogP contribution in [0.25, 0.3) is 0 Å². The van der Waals surface area contributed by atoms with Crippen LogP contribution < -0.4 is 9.47 Å². The van der Waals surface area contributed by atoms with E-state index in [1.807, 2.05) is 18.2 Å². The van der Waals surface area contributed by atoms with Crippen LogP contribution in [0, 0.1) is 0 Å². The zero-order valence-electron chi connectivity index (χ0n) is 13.7. The molecule has 0 spiro atoms. The van der Waals surface area contributed by atoms with Gasteiger partial charge in [0.05, 0.1) is 20.6 Å². The van der Waals surface area contributed by atoms with Gasteiger partial charge in [0.25, 0.3) is 0 Å². The monoisotopic (exact) mass is 326 g/mol. The SMILES string of the molecule is CCCCCCSCOc1ccc(CC(=O)OC)cc1OC. The second-order valence-corrected chi connectivity index (χ2v) is 6.02. The Morgan fingerprint density at radius 3 is 2.64 bits per heavy atom. The van der Waals surface area contributed by atoms with E-state index in [0.29, 0.717) is 17.4 Å². The Hall–Kier alpha value is -1.36. The van der Waals surface area contributed by atoms with E-state index in [4.69, 9.17) is 9.47 Å². The van der Waals surface area contributed by atoms with E-state index in [2.05, 4.69) is 11.7 Å². The minimum absolute atomic E-state index is 0.235. The smallest absolute Gasteiger partial charge is 0.309 e. The van der Waals surface area contributed by atoms with Crippen molar-refractivity contribution in [3.8, 4) is 11.5 Å². The summed E-state index contributed by atoms with van der Waals surface area (Å²) in [6, 6.07) is 5.52. The normalized spacial score (nSPS) is 10.3. The molecule has 0 fully saturated rings. The number of hydrogen-bond acceptors (Lipinski definition) is 5. The Morgan fingerprint density at radius 2 is 1.95 bits per heavy atom. The summed E-state index contributed by atoms with van der Waals surface area (Å²) in [7, 11) is 2.98. The number of carbonyl (C=O) groups is 1. The van der Waals surface area contributed by atoms with Crippen molar-refractivity contribution in [3.05, 3.63) is 23.8 Å². The first kappa shape index (κ1) is 18.7. The molecule has 1 rings (SSSR count). The molecule has 0 saturated heterocycles. The van der Waals surface area contributed by atoms with Crippen molar-refractivity contribution in [3.63, 3.8) is 0 Å². The predicted octanol–water partition coefficient (Wildman–Crippen LogP) is 4.06. The number of methoxy groups -OCH3 is 2. The van der Waals surface area contributed by atoms with E-state index in [9.17, 15) is 4.79 Å². The van der Waals surface area contributed by atoms with Gasteiger partial charge in [0, 0.05) is 0 Å². The molecule has 0 N–H and O–H groups in total. The fourth-order valence-electron chi connectivity index (χ4n) is 1.98. The zero-order chi connectivity index (χ0) is 16.2. The van der Waals surface area contributed by atoms with Gasteiger partial charge < -0.3 is 14.2 Å². The lowest BCUT2D eigenvalue weighted by Gasteiger charge is -2.11. The molecule has 124 valence electrons. The molecule has 22 heavy (non-hydrogen) atoms. The first-order chi connectivity index (χ1) is 10.7. The minimum atomic E-state index is -0.265. The van der Waals surface area contributed by atoms with Gasteiger partial charge in [-0.05, 0) is 29.9 Å². The van der Waals surface area contributed by atoms with Gasteiger partial charge in [-0.1, -0.05) is 32.3 Å². The van der Waals surface area contributed by atoms with Gasteiger partial charge in [-0.3, -0.25) is 4.79 Å². The van der Waals surface area contributed by atoms with Crippen LogP contribution in [-0.4, -0.2) is 31.9 Å². The van der Waals surface area contributed by atoms with Crippen molar-refractivity contribution in [2.75, 3.05) is 25.9 Å². The van der Waals surface area contributed by atoms with Gasteiger partial charge in [-0.15, -0.1) is 11.8 Å². The van der Waals surface area contributed by atoms with E-state index in [1.54, 1.807) is 18.9 Å². The Labute approximate surface area is 137 Å². The molecule has 0 aliphatic rings. The average molecular weight is 326 g/mol. The van der Waals surface area contributed by atoms with Crippen LogP contribution in [0.15, 0.2) is 18.2 Å². The van der Waals surface area contributed by atoms with Crippen LogP contribution in [0.3, 0.4) is 0 Å². The highest BCUT2D eigenvalue weighted by Gasteiger charge is 2.09. The molecule has 4 nitrogen and oxygen atoms in total. The Balaban J connectivity index is 2.41. The van der Waals surface area contributed by atoms with Gasteiger partial charge in [-0.2, -0.15) is 0 Å². The van der Waals surface area contributed by atoms with Gasteiger partial charge in [-0.25, -0.2) is 0 Å². The average Bonchev–Trinajstić information content (AvgIpc) is 2.54.